The fourth-order valence-electron chi connectivity index (χ4n) is 2.46. The Hall–Kier alpha value is -0.0800. The molecule has 2 N–H and O–H groups in total. The lowest BCUT2D eigenvalue weighted by Gasteiger charge is -2.46. The molecule has 78 valence electrons. The Bertz CT molecular complexity index is 180. The number of aliphatic hydroxyl groups is 2. The highest BCUT2D eigenvalue weighted by molar-refractivity contribution is 5.06. The monoisotopic (exact) mass is 186 g/mol. The van der Waals surface area contributed by atoms with E-state index in [1.165, 1.54) is 0 Å². The summed E-state index contributed by atoms with van der Waals surface area (Å²) in [6.45, 7) is 8.99. The van der Waals surface area contributed by atoms with Crippen LogP contribution in [-0.2, 0) is 0 Å². The Morgan fingerprint density at radius 2 is 1.15 bits per heavy atom. The van der Waals surface area contributed by atoms with Gasteiger partial charge in [0.1, 0.15) is 0 Å². The van der Waals surface area contributed by atoms with Gasteiger partial charge in [0.15, 0.2) is 0 Å². The summed E-state index contributed by atoms with van der Waals surface area (Å²) in [5, 5.41) is 18.8. The molecular weight excluding hydrogens is 164 g/mol. The van der Waals surface area contributed by atoms with Crippen molar-refractivity contribution in [3.63, 3.8) is 0 Å². The van der Waals surface area contributed by atoms with Crippen LogP contribution in [0.2, 0.25) is 0 Å². The van der Waals surface area contributed by atoms with Gasteiger partial charge in [0, 0.05) is 13.2 Å². The van der Waals surface area contributed by atoms with Crippen molar-refractivity contribution in [3.8, 4) is 0 Å². The Balaban J connectivity index is 3.02. The summed E-state index contributed by atoms with van der Waals surface area (Å²) >= 11 is 0. The molecule has 0 spiro atoms. The lowest BCUT2D eigenvalue weighted by atomic mass is 9.60. The molecule has 1 aliphatic rings. The minimum atomic E-state index is -0.0372. The molecule has 0 aliphatic heterocycles. The molecule has 0 aromatic heterocycles. The van der Waals surface area contributed by atoms with Gasteiger partial charge in [-0.15, -0.1) is 0 Å². The van der Waals surface area contributed by atoms with E-state index in [-0.39, 0.29) is 29.5 Å². The zero-order chi connectivity index (χ0) is 10.3. The van der Waals surface area contributed by atoms with E-state index in [0.717, 1.165) is 12.8 Å². The van der Waals surface area contributed by atoms with Crippen LogP contribution >= 0.6 is 0 Å². The van der Waals surface area contributed by atoms with Crippen molar-refractivity contribution in [2.75, 3.05) is 13.2 Å². The molecule has 0 radical (unpaired) electrons. The highest BCUT2D eigenvalue weighted by Crippen LogP contribution is 2.61. The van der Waals surface area contributed by atoms with Crippen LogP contribution in [-0.4, -0.2) is 23.4 Å². The first-order chi connectivity index (χ1) is 5.83. The van der Waals surface area contributed by atoms with E-state index >= 15 is 0 Å². The summed E-state index contributed by atoms with van der Waals surface area (Å²) in [5.74, 6) is 0. The van der Waals surface area contributed by atoms with Crippen molar-refractivity contribution in [3.05, 3.63) is 0 Å². The third-order valence-corrected chi connectivity index (χ3v) is 4.94. The Morgan fingerprint density at radius 1 is 0.846 bits per heavy atom. The third kappa shape index (κ3) is 1.23. The first-order valence-electron chi connectivity index (χ1n) is 5.05. The van der Waals surface area contributed by atoms with E-state index in [4.69, 9.17) is 0 Å². The fourth-order valence-corrected chi connectivity index (χ4v) is 2.46. The van der Waals surface area contributed by atoms with Gasteiger partial charge in [-0.05, 0) is 29.1 Å². The quantitative estimate of drug-likeness (QED) is 0.690. The van der Waals surface area contributed by atoms with Gasteiger partial charge in [0.05, 0.1) is 0 Å². The maximum Gasteiger partial charge on any atom is 0.0490 e. The summed E-state index contributed by atoms with van der Waals surface area (Å²) < 4.78 is 0. The average Bonchev–Trinajstić information content (AvgIpc) is 2.28. The zero-order valence-electron chi connectivity index (χ0n) is 9.22. The standard InChI is InChI=1S/C11H22O2/c1-9(2)10(3,7-12)5-6-11(9,4)8-13/h12-13H,5-8H2,1-4H3/t10-,11+. The van der Waals surface area contributed by atoms with Gasteiger partial charge < -0.3 is 10.2 Å². The van der Waals surface area contributed by atoms with Crippen LogP contribution in [0, 0.1) is 16.2 Å². The summed E-state index contributed by atoms with van der Waals surface area (Å²) in [4.78, 5) is 0. The topological polar surface area (TPSA) is 40.5 Å². The molecule has 2 nitrogen and oxygen atoms in total. The van der Waals surface area contributed by atoms with Crippen molar-refractivity contribution in [2.24, 2.45) is 16.2 Å². The lowest BCUT2D eigenvalue weighted by molar-refractivity contribution is -0.0386. The summed E-state index contributed by atoms with van der Waals surface area (Å²) in [7, 11) is 0. The van der Waals surface area contributed by atoms with Crippen molar-refractivity contribution in [1.82, 2.24) is 0 Å². The molecule has 1 saturated carbocycles. The number of hydrogen-bond acceptors (Lipinski definition) is 2. The van der Waals surface area contributed by atoms with Gasteiger partial charge in [0.2, 0.25) is 0 Å². The Labute approximate surface area is 81.0 Å². The maximum atomic E-state index is 9.41. The molecule has 13 heavy (non-hydrogen) atoms. The maximum absolute atomic E-state index is 9.41. The smallest absolute Gasteiger partial charge is 0.0490 e. The second-order valence-corrected chi connectivity index (χ2v) is 5.56. The van der Waals surface area contributed by atoms with Gasteiger partial charge in [-0.2, -0.15) is 0 Å². The van der Waals surface area contributed by atoms with Crippen LogP contribution < -0.4 is 0 Å². The molecule has 0 heterocycles. The van der Waals surface area contributed by atoms with E-state index in [1.54, 1.807) is 0 Å². The summed E-state index contributed by atoms with van der Waals surface area (Å²) in [6, 6.07) is 0. The first kappa shape index (κ1) is 11.0. The predicted octanol–water partition coefficient (Wildman–Crippen LogP) is 1.80. The van der Waals surface area contributed by atoms with Crippen LogP contribution in [0.5, 0.6) is 0 Å². The van der Waals surface area contributed by atoms with Gasteiger partial charge in [-0.3, -0.25) is 0 Å². The predicted molar refractivity (Wildman–Crippen MR) is 53.4 cm³/mol. The molecule has 0 bridgehead atoms. The molecule has 1 fully saturated rings. The Morgan fingerprint density at radius 3 is 1.31 bits per heavy atom. The van der Waals surface area contributed by atoms with Gasteiger partial charge in [-0.1, -0.05) is 27.7 Å². The molecule has 0 aromatic carbocycles. The molecule has 0 amide bonds. The average molecular weight is 186 g/mol. The molecule has 1 aliphatic carbocycles. The highest BCUT2D eigenvalue weighted by atomic mass is 16.3. The normalized spacial score (nSPS) is 43.8. The first-order valence-corrected chi connectivity index (χ1v) is 5.05. The van der Waals surface area contributed by atoms with E-state index < -0.39 is 0 Å². The van der Waals surface area contributed by atoms with Crippen molar-refractivity contribution >= 4 is 0 Å². The SMILES string of the molecule is CC1(C)[C@@](C)(CO)CC[C@@]1(C)CO. The van der Waals surface area contributed by atoms with Gasteiger partial charge in [0.25, 0.3) is 0 Å². The zero-order valence-corrected chi connectivity index (χ0v) is 9.22. The van der Waals surface area contributed by atoms with E-state index in [0.29, 0.717) is 0 Å². The van der Waals surface area contributed by atoms with Gasteiger partial charge in [-0.25, -0.2) is 0 Å². The minimum absolute atomic E-state index is 0.00347. The summed E-state index contributed by atoms with van der Waals surface area (Å²) in [6.07, 6.45) is 2.02. The number of hydrogen-bond donors (Lipinski definition) is 2. The number of aliphatic hydroxyl groups excluding tert-OH is 2. The lowest BCUT2D eigenvalue weighted by Crippen LogP contribution is -2.44. The molecule has 2 heteroatoms. The number of rotatable bonds is 2. The van der Waals surface area contributed by atoms with Crippen molar-refractivity contribution in [1.29, 1.82) is 0 Å². The molecule has 0 saturated heterocycles. The van der Waals surface area contributed by atoms with E-state index in [1.807, 2.05) is 0 Å². The van der Waals surface area contributed by atoms with Crippen molar-refractivity contribution < 1.29 is 10.2 Å². The highest BCUT2D eigenvalue weighted by Gasteiger charge is 2.57. The molecule has 0 aromatic rings. The molecule has 2 atom stereocenters. The second kappa shape index (κ2) is 2.96. The fraction of sp³-hybridized carbons (Fsp3) is 1.00. The van der Waals surface area contributed by atoms with E-state index in [9.17, 15) is 10.2 Å². The molecule has 1 rings (SSSR count). The minimum Gasteiger partial charge on any atom is -0.396 e. The van der Waals surface area contributed by atoms with Crippen LogP contribution in [0.4, 0.5) is 0 Å². The van der Waals surface area contributed by atoms with Crippen molar-refractivity contribution in [2.45, 2.75) is 40.5 Å². The molecule has 0 unspecified atom stereocenters. The van der Waals surface area contributed by atoms with Crippen LogP contribution in [0.25, 0.3) is 0 Å². The third-order valence-electron chi connectivity index (χ3n) is 4.94. The molecular formula is C11H22O2. The largest absolute Gasteiger partial charge is 0.396 e. The van der Waals surface area contributed by atoms with Crippen LogP contribution in [0.1, 0.15) is 40.5 Å². The second-order valence-electron chi connectivity index (χ2n) is 5.56. The van der Waals surface area contributed by atoms with E-state index in [2.05, 4.69) is 27.7 Å². The van der Waals surface area contributed by atoms with Crippen LogP contribution in [0.3, 0.4) is 0 Å². The Kier molecular flexibility index (Phi) is 2.50. The van der Waals surface area contributed by atoms with Gasteiger partial charge >= 0.3 is 0 Å². The van der Waals surface area contributed by atoms with Crippen LogP contribution in [0.15, 0.2) is 0 Å². The summed E-state index contributed by atoms with van der Waals surface area (Å²) in [5.41, 5.74) is -0.0710.